The Bertz CT molecular complexity index is 97.2. The summed E-state index contributed by atoms with van der Waals surface area (Å²) >= 11 is 0. The van der Waals surface area contributed by atoms with Crippen molar-refractivity contribution in [3.63, 3.8) is 0 Å². The van der Waals surface area contributed by atoms with Gasteiger partial charge in [-0.3, -0.25) is 4.90 Å². The van der Waals surface area contributed by atoms with Crippen molar-refractivity contribution >= 4 is 0 Å². The van der Waals surface area contributed by atoms with Gasteiger partial charge in [-0.05, 0) is 6.08 Å². The number of hydrogen-bond acceptors (Lipinski definition) is 2. The van der Waals surface area contributed by atoms with E-state index < -0.39 is 0 Å². The Morgan fingerprint density at radius 3 is 3.11 bits per heavy atom. The Morgan fingerprint density at radius 2 is 2.56 bits per heavy atom. The predicted octanol–water partition coefficient (Wildman–Crippen LogP) is 0.332. The lowest BCUT2D eigenvalue weighted by molar-refractivity contribution is 0.371. The van der Waals surface area contributed by atoms with E-state index in [-0.39, 0.29) is 0 Å². The first-order valence-corrected chi connectivity index (χ1v) is 3.12. The molecule has 1 heterocycles. The fourth-order valence-electron chi connectivity index (χ4n) is 0.898. The van der Waals surface area contributed by atoms with Gasteiger partial charge in [0.1, 0.15) is 0 Å². The van der Waals surface area contributed by atoms with Crippen molar-refractivity contribution in [3.8, 4) is 0 Å². The van der Waals surface area contributed by atoms with Gasteiger partial charge in [0.2, 0.25) is 0 Å². The molecule has 1 fully saturated rings. The van der Waals surface area contributed by atoms with E-state index in [4.69, 9.17) is 0 Å². The first kappa shape index (κ1) is 6.71. The van der Waals surface area contributed by atoms with E-state index in [1.165, 1.54) is 6.08 Å². The average molecular weight is 130 g/mol. The van der Waals surface area contributed by atoms with Crippen LogP contribution in [0.1, 0.15) is 0 Å². The van der Waals surface area contributed by atoms with Gasteiger partial charge in [-0.25, -0.2) is 4.39 Å². The van der Waals surface area contributed by atoms with Crippen LogP contribution in [0.4, 0.5) is 4.39 Å². The lowest BCUT2D eigenvalue weighted by Gasteiger charge is -2.08. The Kier molecular flexibility index (Phi) is 2.67. The summed E-state index contributed by atoms with van der Waals surface area (Å²) in [5.41, 5.74) is 0. The summed E-state index contributed by atoms with van der Waals surface area (Å²) in [6, 6.07) is 0. The topological polar surface area (TPSA) is 15.3 Å². The van der Waals surface area contributed by atoms with E-state index in [0.29, 0.717) is 6.33 Å². The second kappa shape index (κ2) is 3.58. The predicted molar refractivity (Wildman–Crippen MR) is 34.7 cm³/mol. The molecular formula is C6H11FN2. The highest BCUT2D eigenvalue weighted by Crippen LogP contribution is 1.91. The molecule has 0 aromatic carbocycles. The van der Waals surface area contributed by atoms with Crippen LogP contribution >= 0.6 is 0 Å². The molecule has 0 aromatic heterocycles. The van der Waals surface area contributed by atoms with Gasteiger partial charge in [0.15, 0.2) is 0 Å². The Hall–Kier alpha value is -0.410. The van der Waals surface area contributed by atoms with Crippen LogP contribution in [0.3, 0.4) is 0 Å². The zero-order chi connectivity index (χ0) is 6.53. The summed E-state index contributed by atoms with van der Waals surface area (Å²) < 4.78 is 11.4. The summed E-state index contributed by atoms with van der Waals surface area (Å²) in [4.78, 5) is 2.13. The van der Waals surface area contributed by atoms with Crippen LogP contribution in [0.5, 0.6) is 0 Å². The second-order valence-corrected chi connectivity index (χ2v) is 2.10. The normalized spacial score (nSPS) is 21.9. The quantitative estimate of drug-likeness (QED) is 0.579. The summed E-state index contributed by atoms with van der Waals surface area (Å²) in [5.74, 6) is 0. The van der Waals surface area contributed by atoms with E-state index in [1.54, 1.807) is 0 Å². The third-order valence-corrected chi connectivity index (χ3v) is 1.39. The molecule has 1 aliphatic heterocycles. The fraction of sp³-hybridized carbons (Fsp3) is 0.667. The lowest BCUT2D eigenvalue weighted by Crippen LogP contribution is -2.21. The molecule has 1 aliphatic rings. The van der Waals surface area contributed by atoms with Crippen molar-refractivity contribution in [1.82, 2.24) is 10.2 Å². The van der Waals surface area contributed by atoms with Crippen LogP contribution in [-0.4, -0.2) is 31.2 Å². The molecule has 1 saturated heterocycles. The smallest absolute Gasteiger partial charge is 0.0839 e. The van der Waals surface area contributed by atoms with Crippen molar-refractivity contribution in [1.29, 1.82) is 0 Å². The van der Waals surface area contributed by atoms with Crippen LogP contribution in [0, 0.1) is 0 Å². The summed E-state index contributed by atoms with van der Waals surface area (Å²) in [7, 11) is 0. The first-order valence-electron chi connectivity index (χ1n) is 3.12. The minimum Gasteiger partial charge on any atom is -0.303 e. The van der Waals surface area contributed by atoms with Crippen molar-refractivity contribution in [2.24, 2.45) is 0 Å². The van der Waals surface area contributed by atoms with Crippen LogP contribution in [0.25, 0.3) is 0 Å². The molecule has 52 valence electrons. The van der Waals surface area contributed by atoms with Crippen LogP contribution in [0.15, 0.2) is 12.4 Å². The number of nitrogens with one attached hydrogen (secondary N) is 1. The van der Waals surface area contributed by atoms with E-state index in [0.717, 1.165) is 26.3 Å². The summed E-state index contributed by atoms with van der Waals surface area (Å²) in [5, 5.41) is 3.15. The minimum atomic E-state index is 0.596. The highest BCUT2D eigenvalue weighted by atomic mass is 19.1. The molecule has 2 nitrogen and oxygen atoms in total. The van der Waals surface area contributed by atoms with E-state index in [2.05, 4.69) is 10.2 Å². The number of halogens is 1. The summed E-state index contributed by atoms with van der Waals surface area (Å²) in [6.07, 6.45) is 2.12. The van der Waals surface area contributed by atoms with Crippen LogP contribution in [0.2, 0.25) is 0 Å². The maximum absolute atomic E-state index is 11.4. The Labute approximate surface area is 54.3 Å². The van der Waals surface area contributed by atoms with Gasteiger partial charge in [0.05, 0.1) is 6.33 Å². The molecule has 0 saturated carbocycles. The average Bonchev–Trinajstić information content (AvgIpc) is 2.34. The van der Waals surface area contributed by atoms with Crippen molar-refractivity contribution in [2.45, 2.75) is 0 Å². The van der Waals surface area contributed by atoms with E-state index in [9.17, 15) is 4.39 Å². The van der Waals surface area contributed by atoms with Gasteiger partial charge in [-0.15, -0.1) is 0 Å². The SMILES string of the molecule is F/C=C/CN1CCNC1. The molecule has 0 aliphatic carbocycles. The van der Waals surface area contributed by atoms with Crippen LogP contribution < -0.4 is 5.32 Å². The van der Waals surface area contributed by atoms with Crippen LogP contribution in [-0.2, 0) is 0 Å². The summed E-state index contributed by atoms with van der Waals surface area (Å²) in [6.45, 7) is 3.68. The molecule has 0 atom stereocenters. The lowest BCUT2D eigenvalue weighted by atomic mass is 10.5. The molecule has 0 spiro atoms. The largest absolute Gasteiger partial charge is 0.303 e. The number of hydrogen-bond donors (Lipinski definition) is 1. The van der Waals surface area contributed by atoms with Gasteiger partial charge >= 0.3 is 0 Å². The Balaban J connectivity index is 2.11. The maximum atomic E-state index is 11.4. The molecular weight excluding hydrogens is 119 g/mol. The van der Waals surface area contributed by atoms with Crippen molar-refractivity contribution in [2.75, 3.05) is 26.3 Å². The molecule has 0 bridgehead atoms. The molecule has 9 heavy (non-hydrogen) atoms. The highest BCUT2D eigenvalue weighted by molar-refractivity contribution is 4.79. The molecule has 0 amide bonds. The first-order chi connectivity index (χ1) is 4.43. The third-order valence-electron chi connectivity index (χ3n) is 1.39. The van der Waals surface area contributed by atoms with Gasteiger partial charge in [0, 0.05) is 26.3 Å². The van der Waals surface area contributed by atoms with Crippen molar-refractivity contribution < 1.29 is 4.39 Å². The molecule has 1 N–H and O–H groups in total. The molecule has 0 radical (unpaired) electrons. The number of rotatable bonds is 2. The van der Waals surface area contributed by atoms with E-state index >= 15 is 0 Å². The zero-order valence-electron chi connectivity index (χ0n) is 5.31. The molecule has 3 heteroatoms. The third kappa shape index (κ3) is 2.11. The Morgan fingerprint density at radius 1 is 1.67 bits per heavy atom. The minimum absolute atomic E-state index is 0.596. The standard InChI is InChI=1S/C6H11FN2/c7-2-1-4-9-5-3-8-6-9/h1-2,8H,3-6H2/b2-1+. The molecule has 1 rings (SSSR count). The molecule has 0 unspecified atom stereocenters. The van der Waals surface area contributed by atoms with Gasteiger partial charge < -0.3 is 5.32 Å². The molecule has 0 aromatic rings. The number of nitrogens with zero attached hydrogens (tertiary/aromatic N) is 1. The van der Waals surface area contributed by atoms with Gasteiger partial charge in [0.25, 0.3) is 0 Å². The fourth-order valence-corrected chi connectivity index (χ4v) is 0.898. The van der Waals surface area contributed by atoms with Gasteiger partial charge in [-0.2, -0.15) is 0 Å². The maximum Gasteiger partial charge on any atom is 0.0839 e. The van der Waals surface area contributed by atoms with Crippen molar-refractivity contribution in [3.05, 3.63) is 12.4 Å². The van der Waals surface area contributed by atoms with E-state index in [1.807, 2.05) is 0 Å². The van der Waals surface area contributed by atoms with Gasteiger partial charge in [-0.1, -0.05) is 0 Å². The highest BCUT2D eigenvalue weighted by Gasteiger charge is 2.07. The zero-order valence-corrected chi connectivity index (χ0v) is 5.31. The monoisotopic (exact) mass is 130 g/mol. The second-order valence-electron chi connectivity index (χ2n) is 2.10.